The molecule has 5 heteroatoms. The molecule has 1 aromatic carbocycles. The molecule has 0 aliphatic carbocycles. The molecule has 0 saturated heterocycles. The van der Waals surface area contributed by atoms with Crippen LogP contribution in [0.4, 0.5) is 5.69 Å². The Hall–Kier alpha value is -0.231. The van der Waals surface area contributed by atoms with E-state index in [0.717, 1.165) is 11.3 Å². The first kappa shape index (κ1) is 21.8. The third-order valence-corrected chi connectivity index (χ3v) is 27.1. The molecule has 0 aliphatic heterocycles. The predicted molar refractivity (Wildman–Crippen MR) is 109 cm³/mol. The molecule has 1 aromatic rings. The fraction of sp³-hybridized carbons (Fsp3) is 0.684. The first-order valence-electron chi connectivity index (χ1n) is 9.44. The molecule has 0 atom stereocenters. The summed E-state index contributed by atoms with van der Waals surface area (Å²) in [4.78, 5) is 10.7. The van der Waals surface area contributed by atoms with Crippen LogP contribution in [0.1, 0.15) is 64.9 Å². The molecule has 0 aromatic heterocycles. The van der Waals surface area contributed by atoms with Crippen molar-refractivity contribution >= 4 is 31.6 Å². The van der Waals surface area contributed by atoms with Crippen LogP contribution in [-0.2, 0) is 5.75 Å². The summed E-state index contributed by atoms with van der Waals surface area (Å²) in [6.45, 7) is 6.88. The van der Waals surface area contributed by atoms with E-state index in [2.05, 4.69) is 35.8 Å². The van der Waals surface area contributed by atoms with E-state index < -0.39 is 17.0 Å². The Balaban J connectivity index is 2.84. The van der Waals surface area contributed by atoms with Crippen molar-refractivity contribution in [1.29, 1.82) is 0 Å². The second-order valence-corrected chi connectivity index (χ2v) is 26.6. The van der Waals surface area contributed by atoms with Crippen molar-refractivity contribution < 1.29 is 4.92 Å². The molecule has 0 aliphatic rings. The van der Waals surface area contributed by atoms with Gasteiger partial charge >= 0.3 is 155 Å². The van der Waals surface area contributed by atoms with Crippen LogP contribution in [0, 0.1) is 10.1 Å². The van der Waals surface area contributed by atoms with Crippen molar-refractivity contribution in [3.05, 3.63) is 39.9 Å². The molecule has 0 spiro atoms. The summed E-state index contributed by atoms with van der Waals surface area (Å²) >= 11 is -2.20. The van der Waals surface area contributed by atoms with E-state index in [1.165, 1.54) is 51.8 Å². The average molecular weight is 458 g/mol. The van der Waals surface area contributed by atoms with Crippen LogP contribution in [0.5, 0.6) is 0 Å². The Morgan fingerprint density at radius 3 is 2.00 bits per heavy atom. The van der Waals surface area contributed by atoms with E-state index in [9.17, 15) is 10.1 Å². The summed E-state index contributed by atoms with van der Waals surface area (Å²) in [7, 11) is 2.25. The summed E-state index contributed by atoms with van der Waals surface area (Å²) < 4.78 is 4.43. The van der Waals surface area contributed by atoms with E-state index in [1.54, 1.807) is 12.1 Å². The first-order chi connectivity index (χ1) is 11.6. The van der Waals surface area contributed by atoms with Crippen LogP contribution in [0.25, 0.3) is 0 Å². The molecule has 24 heavy (non-hydrogen) atoms. The van der Waals surface area contributed by atoms with E-state index in [0.29, 0.717) is 0 Å². The molecule has 0 N–H and O–H groups in total. The summed E-state index contributed by atoms with van der Waals surface area (Å²) in [5.41, 5.74) is 1.35. The second-order valence-electron chi connectivity index (χ2n) is 6.71. The van der Waals surface area contributed by atoms with Crippen molar-refractivity contribution in [1.82, 2.24) is 0 Å². The molecule has 0 amide bonds. The molecule has 3 nitrogen and oxygen atoms in total. The van der Waals surface area contributed by atoms with Gasteiger partial charge in [-0.2, -0.15) is 0 Å². The zero-order valence-corrected chi connectivity index (χ0v) is 19.2. The molecule has 0 heterocycles. The standard InChI is InChI=1S/C7H7NO2S.3C4H9.Sn/c9-8(10)7-3-1-2-6(4-7)5-11;3*1-3-4-2;/h1-4,11H,5H2;3*1,3-4H2,2H3;/q;;;;+1/p-1. The number of hydrogen-bond acceptors (Lipinski definition) is 3. The minimum absolute atomic E-state index is 0.226. The van der Waals surface area contributed by atoms with Gasteiger partial charge in [-0.15, -0.1) is 0 Å². The van der Waals surface area contributed by atoms with Gasteiger partial charge in [-0.1, -0.05) is 0 Å². The van der Waals surface area contributed by atoms with Crippen molar-refractivity contribution in [2.75, 3.05) is 0 Å². The van der Waals surface area contributed by atoms with Crippen LogP contribution in [-0.4, -0.2) is 21.9 Å². The summed E-state index contributed by atoms with van der Waals surface area (Å²) in [5.74, 6) is 0.967. The van der Waals surface area contributed by atoms with E-state index >= 15 is 0 Å². The van der Waals surface area contributed by atoms with Gasteiger partial charge in [-0.3, -0.25) is 0 Å². The van der Waals surface area contributed by atoms with Crippen LogP contribution in [0.15, 0.2) is 24.3 Å². The summed E-state index contributed by atoms with van der Waals surface area (Å²) in [5, 5.41) is 11.0. The molecule has 0 bridgehead atoms. The zero-order chi connectivity index (χ0) is 17.8. The monoisotopic (exact) mass is 459 g/mol. The molecule has 1 rings (SSSR count). The second kappa shape index (κ2) is 12.2. The zero-order valence-electron chi connectivity index (χ0n) is 15.6. The topological polar surface area (TPSA) is 43.1 Å². The summed E-state index contributed by atoms with van der Waals surface area (Å²) in [6, 6.07) is 7.24. The Morgan fingerprint density at radius 1 is 1.00 bits per heavy atom. The molecule has 0 unspecified atom stereocenters. The number of nitro benzene ring substituents is 1. The van der Waals surface area contributed by atoms with Gasteiger partial charge in [0.25, 0.3) is 0 Å². The maximum absolute atomic E-state index is 11.0. The number of unbranched alkanes of at least 4 members (excludes halogenated alkanes) is 3. The Bertz CT molecular complexity index is 474. The fourth-order valence-corrected chi connectivity index (χ4v) is 25.5. The molecule has 0 radical (unpaired) electrons. The van der Waals surface area contributed by atoms with Gasteiger partial charge in [0, 0.05) is 0 Å². The Morgan fingerprint density at radius 2 is 1.54 bits per heavy atom. The van der Waals surface area contributed by atoms with Gasteiger partial charge in [0.2, 0.25) is 0 Å². The fourth-order valence-electron chi connectivity index (χ4n) is 3.08. The van der Waals surface area contributed by atoms with Crippen LogP contribution >= 0.6 is 8.95 Å². The number of rotatable bonds is 13. The third-order valence-electron chi connectivity index (χ3n) is 4.62. The molecule has 136 valence electrons. The molecular weight excluding hydrogens is 425 g/mol. The molecule has 0 fully saturated rings. The van der Waals surface area contributed by atoms with Crippen molar-refractivity contribution in [2.24, 2.45) is 0 Å². The minimum atomic E-state index is -2.20. The maximum atomic E-state index is 11.0. The van der Waals surface area contributed by atoms with Crippen molar-refractivity contribution in [3.63, 3.8) is 0 Å². The van der Waals surface area contributed by atoms with Crippen molar-refractivity contribution in [2.45, 2.75) is 78.4 Å². The van der Waals surface area contributed by atoms with Gasteiger partial charge in [0.15, 0.2) is 0 Å². The number of nitro groups is 1. The van der Waals surface area contributed by atoms with Gasteiger partial charge in [0.1, 0.15) is 0 Å². The van der Waals surface area contributed by atoms with Crippen LogP contribution in [0.3, 0.4) is 0 Å². The SMILES string of the molecule is CCC[CH2][Sn]([CH2]CCC)([CH2]CCC)[S]Cc1cccc([N+](=O)[O-])c1. The van der Waals surface area contributed by atoms with Crippen LogP contribution < -0.4 is 0 Å². The summed E-state index contributed by atoms with van der Waals surface area (Å²) in [6.07, 6.45) is 7.96. The van der Waals surface area contributed by atoms with Crippen LogP contribution in [0.2, 0.25) is 13.3 Å². The Labute approximate surface area is 154 Å². The number of benzene rings is 1. The van der Waals surface area contributed by atoms with E-state index in [1.807, 2.05) is 6.07 Å². The first-order valence-corrected chi connectivity index (χ1v) is 20.0. The van der Waals surface area contributed by atoms with E-state index in [-0.39, 0.29) is 10.6 Å². The Kier molecular flexibility index (Phi) is 11.1. The van der Waals surface area contributed by atoms with E-state index in [4.69, 9.17) is 0 Å². The van der Waals surface area contributed by atoms with Gasteiger partial charge < -0.3 is 0 Å². The number of nitrogens with zero attached hydrogens (tertiary/aromatic N) is 1. The quantitative estimate of drug-likeness (QED) is 0.179. The number of non-ortho nitro benzene ring substituents is 1. The normalized spacial score (nSPS) is 11.6. The van der Waals surface area contributed by atoms with Gasteiger partial charge in [-0.05, 0) is 0 Å². The predicted octanol–water partition coefficient (Wildman–Crippen LogP) is 7.17. The van der Waals surface area contributed by atoms with Gasteiger partial charge in [0.05, 0.1) is 0 Å². The third kappa shape index (κ3) is 7.77. The average Bonchev–Trinajstić information content (AvgIpc) is 2.60. The number of hydrogen-bond donors (Lipinski definition) is 0. The molecular formula is C19H33NO2SSn. The van der Waals surface area contributed by atoms with Gasteiger partial charge in [-0.25, -0.2) is 0 Å². The molecule has 0 saturated carbocycles. The van der Waals surface area contributed by atoms with Crippen molar-refractivity contribution in [3.8, 4) is 0 Å².